The summed E-state index contributed by atoms with van der Waals surface area (Å²) in [7, 11) is -3.57. The average molecular weight is 361 g/mol. The maximum Gasteiger partial charge on any atom is 0.250 e. The van der Waals surface area contributed by atoms with Crippen molar-refractivity contribution in [2.45, 2.75) is 10.8 Å². The first-order chi connectivity index (χ1) is 10.0. The van der Waals surface area contributed by atoms with Gasteiger partial charge in [-0.1, -0.05) is 16.8 Å². The van der Waals surface area contributed by atoms with Crippen molar-refractivity contribution in [3.05, 3.63) is 45.2 Å². The summed E-state index contributed by atoms with van der Waals surface area (Å²) in [5.74, 6) is 0. The zero-order chi connectivity index (χ0) is 14.9. The summed E-state index contributed by atoms with van der Waals surface area (Å²) in [6.07, 6.45) is 1.69. The highest BCUT2D eigenvalue weighted by molar-refractivity contribution is 7.91. The Balaban J connectivity index is 1.71. The summed E-state index contributed by atoms with van der Waals surface area (Å²) in [6.45, 7) is 0.0714. The van der Waals surface area contributed by atoms with Crippen molar-refractivity contribution >= 4 is 44.3 Å². The molecule has 3 heterocycles. The molecule has 0 aliphatic rings. The van der Waals surface area contributed by atoms with Gasteiger partial charge in [0.25, 0.3) is 0 Å². The molecule has 0 radical (unpaired) electrons. The molecule has 0 saturated heterocycles. The second kappa shape index (κ2) is 5.85. The van der Waals surface area contributed by atoms with Gasteiger partial charge in [-0.05, 0) is 23.6 Å². The average Bonchev–Trinajstić information content (AvgIpc) is 3.17. The number of hydrogen-bond donors (Lipinski definition) is 1. The van der Waals surface area contributed by atoms with E-state index in [2.05, 4.69) is 15.0 Å². The van der Waals surface area contributed by atoms with E-state index < -0.39 is 10.0 Å². The van der Waals surface area contributed by atoms with E-state index in [9.17, 15) is 8.42 Å². The second-order valence-corrected chi connectivity index (χ2v) is 8.51. The predicted octanol–water partition coefficient (Wildman–Crippen LogP) is 2.52. The molecule has 0 aliphatic carbocycles. The van der Waals surface area contributed by atoms with Gasteiger partial charge in [0.1, 0.15) is 4.21 Å². The minimum absolute atomic E-state index is 0.0714. The fraction of sp³-hybridized carbons (Fsp3) is 0.0909. The predicted molar refractivity (Wildman–Crippen MR) is 82.6 cm³/mol. The molecule has 0 unspecified atom stereocenters. The van der Waals surface area contributed by atoms with E-state index in [4.69, 9.17) is 11.6 Å². The monoisotopic (exact) mass is 360 g/mol. The van der Waals surface area contributed by atoms with Crippen LogP contribution in [0, 0.1) is 0 Å². The fourth-order valence-electron chi connectivity index (χ4n) is 1.58. The van der Waals surface area contributed by atoms with Crippen LogP contribution in [0.2, 0.25) is 4.34 Å². The lowest BCUT2D eigenvalue weighted by atomic mass is 10.5. The second-order valence-electron chi connectivity index (χ2n) is 4.02. The number of hydrogen-bond acceptors (Lipinski definition) is 6. The summed E-state index contributed by atoms with van der Waals surface area (Å²) in [5, 5.41) is 11.8. The molecule has 0 spiro atoms. The third kappa shape index (κ3) is 3.33. The number of rotatable bonds is 5. The van der Waals surface area contributed by atoms with Gasteiger partial charge in [0.2, 0.25) is 10.0 Å². The molecule has 10 heteroatoms. The standard InChI is InChI=1S/C11H9ClN4O2S3/c12-10-1-2-11(20-10)21(17,18)13-5-8-6-16(15-14-8)9-3-4-19-7-9/h1-4,6-7,13H,5H2. The highest BCUT2D eigenvalue weighted by atomic mass is 35.5. The summed E-state index contributed by atoms with van der Waals surface area (Å²) < 4.78 is 28.8. The van der Waals surface area contributed by atoms with Crippen LogP contribution in [-0.2, 0) is 16.6 Å². The van der Waals surface area contributed by atoms with Crippen LogP contribution in [0.5, 0.6) is 0 Å². The van der Waals surface area contributed by atoms with Gasteiger partial charge in [0, 0.05) is 5.38 Å². The first-order valence-electron chi connectivity index (χ1n) is 5.73. The number of halogens is 1. The molecule has 3 aromatic rings. The zero-order valence-electron chi connectivity index (χ0n) is 10.4. The summed E-state index contributed by atoms with van der Waals surface area (Å²) in [5.41, 5.74) is 1.43. The van der Waals surface area contributed by atoms with Crippen LogP contribution in [-0.4, -0.2) is 23.4 Å². The maximum absolute atomic E-state index is 12.0. The van der Waals surface area contributed by atoms with E-state index >= 15 is 0 Å². The minimum Gasteiger partial charge on any atom is -0.220 e. The summed E-state index contributed by atoms with van der Waals surface area (Å²) in [4.78, 5) is 0. The molecule has 0 saturated carbocycles. The van der Waals surface area contributed by atoms with Crippen LogP contribution in [0.3, 0.4) is 0 Å². The van der Waals surface area contributed by atoms with Crippen LogP contribution in [0.15, 0.2) is 39.4 Å². The molecule has 1 N–H and O–H groups in total. The van der Waals surface area contributed by atoms with Crippen molar-refractivity contribution in [1.29, 1.82) is 0 Å². The van der Waals surface area contributed by atoms with Crippen molar-refractivity contribution in [3.63, 3.8) is 0 Å². The molecular formula is C11H9ClN4O2S3. The molecule has 0 atom stereocenters. The number of sulfonamides is 1. The number of thiophene rings is 2. The largest absolute Gasteiger partial charge is 0.250 e. The van der Waals surface area contributed by atoms with Gasteiger partial charge >= 0.3 is 0 Å². The highest BCUT2D eigenvalue weighted by Gasteiger charge is 2.17. The van der Waals surface area contributed by atoms with Crippen LogP contribution in [0.1, 0.15) is 5.69 Å². The molecule has 0 fully saturated rings. The van der Waals surface area contributed by atoms with Crippen molar-refractivity contribution in [3.8, 4) is 5.69 Å². The smallest absolute Gasteiger partial charge is 0.220 e. The van der Waals surface area contributed by atoms with E-state index in [0.29, 0.717) is 10.0 Å². The molecule has 6 nitrogen and oxygen atoms in total. The van der Waals surface area contributed by atoms with E-state index in [-0.39, 0.29) is 10.8 Å². The molecule has 0 amide bonds. The van der Waals surface area contributed by atoms with Crippen LogP contribution >= 0.6 is 34.3 Å². The summed E-state index contributed by atoms with van der Waals surface area (Å²) in [6, 6.07) is 4.92. The first kappa shape index (κ1) is 14.7. The lowest BCUT2D eigenvalue weighted by molar-refractivity contribution is 0.582. The Hall–Kier alpha value is -1.26. The minimum atomic E-state index is -3.57. The Morgan fingerprint density at radius 2 is 2.19 bits per heavy atom. The lowest BCUT2D eigenvalue weighted by Gasteiger charge is -2.01. The quantitative estimate of drug-likeness (QED) is 0.758. The van der Waals surface area contributed by atoms with Crippen molar-refractivity contribution in [1.82, 2.24) is 19.7 Å². The summed E-state index contributed by atoms with van der Waals surface area (Å²) >= 11 is 8.30. The van der Waals surface area contributed by atoms with Gasteiger partial charge in [0.15, 0.2) is 0 Å². The van der Waals surface area contributed by atoms with Crippen molar-refractivity contribution in [2.24, 2.45) is 0 Å². The molecular weight excluding hydrogens is 352 g/mol. The highest BCUT2D eigenvalue weighted by Crippen LogP contribution is 2.25. The molecule has 3 rings (SSSR count). The van der Waals surface area contributed by atoms with Crippen molar-refractivity contribution in [2.75, 3.05) is 0 Å². The first-order valence-corrected chi connectivity index (χ1v) is 9.35. The van der Waals surface area contributed by atoms with E-state index in [1.165, 1.54) is 6.07 Å². The van der Waals surface area contributed by atoms with Crippen LogP contribution in [0.4, 0.5) is 0 Å². The molecule has 3 aromatic heterocycles. The van der Waals surface area contributed by atoms with Gasteiger partial charge in [-0.3, -0.25) is 0 Å². The Labute approximate surface area is 134 Å². The topological polar surface area (TPSA) is 76.9 Å². The van der Waals surface area contributed by atoms with E-state index in [0.717, 1.165) is 17.0 Å². The van der Waals surface area contributed by atoms with E-state index in [1.54, 1.807) is 28.3 Å². The normalized spacial score (nSPS) is 11.9. The van der Waals surface area contributed by atoms with Crippen LogP contribution in [0.25, 0.3) is 5.69 Å². The number of nitrogens with one attached hydrogen (secondary N) is 1. The fourth-order valence-corrected chi connectivity index (χ4v) is 4.72. The van der Waals surface area contributed by atoms with Crippen molar-refractivity contribution < 1.29 is 8.42 Å². The Morgan fingerprint density at radius 3 is 2.86 bits per heavy atom. The molecule has 21 heavy (non-hydrogen) atoms. The van der Waals surface area contributed by atoms with E-state index in [1.807, 2.05) is 16.8 Å². The third-order valence-electron chi connectivity index (χ3n) is 2.57. The Bertz CT molecular complexity index is 839. The molecule has 110 valence electrons. The van der Waals surface area contributed by atoms with Gasteiger partial charge in [-0.2, -0.15) is 11.3 Å². The van der Waals surface area contributed by atoms with Crippen LogP contribution < -0.4 is 4.72 Å². The molecule has 0 aromatic carbocycles. The number of nitrogens with zero attached hydrogens (tertiary/aromatic N) is 3. The Morgan fingerprint density at radius 1 is 1.33 bits per heavy atom. The van der Waals surface area contributed by atoms with Gasteiger partial charge in [0.05, 0.1) is 28.5 Å². The molecule has 0 bridgehead atoms. The van der Waals surface area contributed by atoms with Gasteiger partial charge < -0.3 is 0 Å². The Kier molecular flexibility index (Phi) is 4.09. The van der Waals surface area contributed by atoms with Gasteiger partial charge in [-0.15, -0.1) is 16.4 Å². The maximum atomic E-state index is 12.0. The lowest BCUT2D eigenvalue weighted by Crippen LogP contribution is -2.22. The van der Waals surface area contributed by atoms with Gasteiger partial charge in [-0.25, -0.2) is 17.8 Å². The number of aromatic nitrogens is 3. The SMILES string of the molecule is O=S(=O)(NCc1cn(-c2ccsc2)nn1)c1ccc(Cl)s1. The third-order valence-corrected chi connectivity index (χ3v) is 6.36. The molecule has 0 aliphatic heterocycles. The zero-order valence-corrected chi connectivity index (χ0v) is 13.6.